The summed E-state index contributed by atoms with van der Waals surface area (Å²) in [4.78, 5) is 19.0. The molecule has 2 aromatic rings. The number of nitrogens with one attached hydrogen (secondary N) is 1. The molecule has 1 aromatic carbocycles. The highest BCUT2D eigenvalue weighted by Crippen LogP contribution is 2.25. The summed E-state index contributed by atoms with van der Waals surface area (Å²) < 4.78 is 5.91. The monoisotopic (exact) mass is 355 g/mol. The number of hydrogen-bond acceptors (Lipinski definition) is 4. The van der Waals surface area contributed by atoms with Crippen LogP contribution in [-0.4, -0.2) is 42.5 Å². The van der Waals surface area contributed by atoms with Crippen molar-refractivity contribution in [2.45, 2.75) is 39.0 Å². The molecule has 1 amide bonds. The summed E-state index contributed by atoms with van der Waals surface area (Å²) in [5.41, 5.74) is 1.91. The first-order valence-corrected chi connectivity index (χ1v) is 9.61. The van der Waals surface area contributed by atoms with Gasteiger partial charge in [0.25, 0.3) is 0 Å². The minimum atomic E-state index is 0.217. The Morgan fingerprint density at radius 3 is 2.69 bits per heavy atom. The Balaban J connectivity index is 1.50. The fraction of sp³-hybridized carbons (Fsp3) is 0.524. The van der Waals surface area contributed by atoms with Gasteiger partial charge in [-0.3, -0.25) is 4.79 Å². The van der Waals surface area contributed by atoms with Crippen molar-refractivity contribution < 1.29 is 9.21 Å². The van der Waals surface area contributed by atoms with Gasteiger partial charge in [0, 0.05) is 31.5 Å². The maximum absolute atomic E-state index is 12.5. The second kappa shape index (κ2) is 8.99. The van der Waals surface area contributed by atoms with E-state index >= 15 is 0 Å². The first kappa shape index (κ1) is 18.6. The van der Waals surface area contributed by atoms with Crippen LogP contribution in [0, 0.1) is 12.8 Å². The number of amides is 1. The molecule has 1 saturated heterocycles. The summed E-state index contributed by atoms with van der Waals surface area (Å²) in [5, 5.41) is 3.21. The maximum Gasteiger partial charge on any atom is 0.223 e. The molecule has 140 valence electrons. The molecule has 0 spiro atoms. The summed E-state index contributed by atoms with van der Waals surface area (Å²) in [5.74, 6) is 2.42. The van der Waals surface area contributed by atoms with Gasteiger partial charge in [-0.2, -0.15) is 0 Å². The lowest BCUT2D eigenvalue weighted by molar-refractivity contribution is -0.132. The average Bonchev–Trinajstić information content (AvgIpc) is 3.06. The molecule has 0 unspecified atom stereocenters. The third kappa shape index (κ3) is 4.73. The van der Waals surface area contributed by atoms with Crippen LogP contribution in [-0.2, 0) is 11.2 Å². The van der Waals surface area contributed by atoms with Crippen molar-refractivity contribution >= 4 is 5.91 Å². The molecular formula is C21H29N3O2. The quantitative estimate of drug-likeness (QED) is 0.827. The van der Waals surface area contributed by atoms with Crippen molar-refractivity contribution in [2.75, 3.05) is 26.7 Å². The number of piperidine rings is 1. The molecule has 1 aliphatic heterocycles. The third-order valence-electron chi connectivity index (χ3n) is 5.20. The molecule has 0 radical (unpaired) electrons. The highest BCUT2D eigenvalue weighted by atomic mass is 16.4. The highest BCUT2D eigenvalue weighted by Gasteiger charge is 2.23. The van der Waals surface area contributed by atoms with Gasteiger partial charge in [-0.1, -0.05) is 30.3 Å². The van der Waals surface area contributed by atoms with Crippen LogP contribution < -0.4 is 5.32 Å². The average molecular weight is 355 g/mol. The predicted molar refractivity (Wildman–Crippen MR) is 103 cm³/mol. The number of nitrogens with zero attached hydrogens (tertiary/aromatic N) is 2. The number of aryl methyl sites for hydroxylation is 2. The van der Waals surface area contributed by atoms with Gasteiger partial charge < -0.3 is 14.6 Å². The smallest absolute Gasteiger partial charge is 0.223 e. The Hall–Kier alpha value is -2.14. The fourth-order valence-corrected chi connectivity index (χ4v) is 3.61. The molecule has 5 nitrogen and oxygen atoms in total. The van der Waals surface area contributed by atoms with E-state index in [1.165, 1.54) is 6.42 Å². The number of rotatable bonds is 7. The lowest BCUT2D eigenvalue weighted by Gasteiger charge is -2.32. The van der Waals surface area contributed by atoms with Crippen molar-refractivity contribution in [1.82, 2.24) is 15.2 Å². The molecule has 2 heterocycles. The van der Waals surface area contributed by atoms with Crippen molar-refractivity contribution in [3.8, 4) is 11.3 Å². The number of carbonyl (C=O) groups excluding carboxylic acids is 1. The summed E-state index contributed by atoms with van der Waals surface area (Å²) in [6.07, 6.45) is 4.46. The van der Waals surface area contributed by atoms with E-state index in [9.17, 15) is 4.79 Å². The summed E-state index contributed by atoms with van der Waals surface area (Å²) in [7, 11) is 1.99. The first-order valence-electron chi connectivity index (χ1n) is 9.61. The Bertz CT molecular complexity index is 703. The van der Waals surface area contributed by atoms with E-state index in [-0.39, 0.29) is 5.91 Å². The molecule has 5 heteroatoms. The Kier molecular flexibility index (Phi) is 6.45. The number of carbonyl (C=O) groups is 1. The van der Waals surface area contributed by atoms with Crippen molar-refractivity contribution in [3.63, 3.8) is 0 Å². The van der Waals surface area contributed by atoms with Crippen LogP contribution in [0.5, 0.6) is 0 Å². The Labute approximate surface area is 155 Å². The van der Waals surface area contributed by atoms with E-state index in [4.69, 9.17) is 4.42 Å². The topological polar surface area (TPSA) is 58.4 Å². The largest absolute Gasteiger partial charge is 0.440 e. The van der Waals surface area contributed by atoms with Gasteiger partial charge in [-0.15, -0.1) is 0 Å². The maximum atomic E-state index is 12.5. The fourth-order valence-electron chi connectivity index (χ4n) is 3.61. The minimum Gasteiger partial charge on any atom is -0.440 e. The van der Waals surface area contributed by atoms with Crippen LogP contribution in [0.15, 0.2) is 34.7 Å². The number of hydrogen-bond donors (Lipinski definition) is 1. The van der Waals surface area contributed by atoms with E-state index in [1.54, 1.807) is 0 Å². The lowest BCUT2D eigenvalue weighted by atomic mass is 9.93. The van der Waals surface area contributed by atoms with Crippen LogP contribution in [0.3, 0.4) is 0 Å². The van der Waals surface area contributed by atoms with E-state index in [0.717, 1.165) is 55.4 Å². The second-order valence-electron chi connectivity index (χ2n) is 7.10. The Morgan fingerprint density at radius 2 is 2.00 bits per heavy atom. The minimum absolute atomic E-state index is 0.217. The van der Waals surface area contributed by atoms with Gasteiger partial charge in [-0.25, -0.2) is 4.98 Å². The molecule has 0 bridgehead atoms. The normalized spacial score (nSPS) is 15.4. The van der Waals surface area contributed by atoms with Crippen LogP contribution in [0.25, 0.3) is 11.3 Å². The zero-order chi connectivity index (χ0) is 18.4. The summed E-state index contributed by atoms with van der Waals surface area (Å²) >= 11 is 0. The van der Waals surface area contributed by atoms with E-state index in [0.29, 0.717) is 18.7 Å². The molecule has 0 saturated carbocycles. The molecule has 1 aliphatic rings. The van der Waals surface area contributed by atoms with Gasteiger partial charge in [0.2, 0.25) is 5.91 Å². The molecule has 3 rings (SSSR count). The zero-order valence-corrected chi connectivity index (χ0v) is 15.8. The second-order valence-corrected chi connectivity index (χ2v) is 7.10. The number of oxazole rings is 1. The lowest BCUT2D eigenvalue weighted by Crippen LogP contribution is -2.39. The standard InChI is InChI=1S/C21H29N3O2/c1-16-21(18-6-4-3-5-7-18)26-19(23-16)8-9-20(25)24-14-11-17(12-15-24)10-13-22-2/h3-7,17,22H,8-15H2,1-2H3. The highest BCUT2D eigenvalue weighted by molar-refractivity contribution is 5.76. The van der Waals surface area contributed by atoms with Gasteiger partial charge in [0.05, 0.1) is 5.69 Å². The Morgan fingerprint density at radius 1 is 1.27 bits per heavy atom. The summed E-state index contributed by atoms with van der Waals surface area (Å²) in [6, 6.07) is 9.99. The SMILES string of the molecule is CNCCC1CCN(C(=O)CCc2nc(C)c(-c3ccccc3)o2)CC1. The van der Waals surface area contributed by atoms with Gasteiger partial charge >= 0.3 is 0 Å². The molecule has 26 heavy (non-hydrogen) atoms. The van der Waals surface area contributed by atoms with Crippen LogP contribution in [0.2, 0.25) is 0 Å². The van der Waals surface area contributed by atoms with E-state index in [2.05, 4.69) is 10.3 Å². The van der Waals surface area contributed by atoms with Crippen LogP contribution >= 0.6 is 0 Å². The van der Waals surface area contributed by atoms with Gasteiger partial charge in [0.1, 0.15) is 0 Å². The number of likely N-dealkylation sites (tertiary alicyclic amines) is 1. The zero-order valence-electron chi connectivity index (χ0n) is 15.8. The predicted octanol–water partition coefficient (Wildman–Crippen LogP) is 3.43. The molecule has 0 aliphatic carbocycles. The molecular weight excluding hydrogens is 326 g/mol. The number of benzene rings is 1. The molecule has 1 aromatic heterocycles. The molecule has 1 N–H and O–H groups in total. The summed E-state index contributed by atoms with van der Waals surface area (Å²) in [6.45, 7) is 4.78. The van der Waals surface area contributed by atoms with Gasteiger partial charge in [-0.05, 0) is 45.7 Å². The van der Waals surface area contributed by atoms with E-state index < -0.39 is 0 Å². The van der Waals surface area contributed by atoms with Crippen molar-refractivity contribution in [2.24, 2.45) is 5.92 Å². The van der Waals surface area contributed by atoms with Gasteiger partial charge in [0.15, 0.2) is 11.7 Å². The first-order chi connectivity index (χ1) is 12.7. The number of aromatic nitrogens is 1. The van der Waals surface area contributed by atoms with Crippen molar-refractivity contribution in [1.29, 1.82) is 0 Å². The third-order valence-corrected chi connectivity index (χ3v) is 5.20. The molecule has 0 atom stereocenters. The van der Waals surface area contributed by atoms with Crippen LogP contribution in [0.4, 0.5) is 0 Å². The van der Waals surface area contributed by atoms with E-state index in [1.807, 2.05) is 49.2 Å². The molecule has 1 fully saturated rings. The van der Waals surface area contributed by atoms with Crippen molar-refractivity contribution in [3.05, 3.63) is 41.9 Å². The van der Waals surface area contributed by atoms with Crippen LogP contribution in [0.1, 0.15) is 37.3 Å².